The summed E-state index contributed by atoms with van der Waals surface area (Å²) < 4.78 is 2.54. The van der Waals surface area contributed by atoms with Crippen molar-refractivity contribution in [2.45, 2.75) is 38.5 Å². The second-order valence-corrected chi connectivity index (χ2v) is 7.62. The van der Waals surface area contributed by atoms with Crippen LogP contribution in [0.5, 0.6) is 0 Å². The Kier molecular flexibility index (Phi) is 7.94. The summed E-state index contributed by atoms with van der Waals surface area (Å²) in [5.41, 5.74) is 2.16. The van der Waals surface area contributed by atoms with Gasteiger partial charge in [-0.2, -0.15) is 5.10 Å². The number of hydrogen-bond acceptors (Lipinski definition) is 8. The minimum absolute atomic E-state index is 0.174. The first-order chi connectivity index (χ1) is 14.5. The number of nitrogens with one attached hydrogen (secondary N) is 2. The molecule has 0 bridgehead atoms. The number of rotatable bonds is 10. The van der Waals surface area contributed by atoms with Crippen LogP contribution in [0.15, 0.2) is 41.3 Å². The molecule has 3 N–H and O–H groups in total. The molecule has 1 amide bonds. The zero-order valence-corrected chi connectivity index (χ0v) is 18.1. The van der Waals surface area contributed by atoms with Crippen LogP contribution in [0.4, 0.5) is 5.82 Å². The number of pyridine rings is 1. The van der Waals surface area contributed by atoms with Crippen LogP contribution < -0.4 is 10.6 Å². The molecule has 0 aliphatic rings. The van der Waals surface area contributed by atoms with Crippen molar-refractivity contribution in [2.24, 2.45) is 0 Å². The maximum atomic E-state index is 12.1. The first-order valence-electron chi connectivity index (χ1n) is 9.51. The molecule has 3 aromatic rings. The molecule has 1 unspecified atom stereocenters. The van der Waals surface area contributed by atoms with E-state index in [1.54, 1.807) is 36.4 Å². The fourth-order valence-corrected chi connectivity index (χ4v) is 3.17. The topological polar surface area (TPSA) is 131 Å². The number of aliphatic hydroxyl groups is 1. The van der Waals surface area contributed by atoms with Crippen molar-refractivity contribution in [3.05, 3.63) is 58.2 Å². The molecular formula is C19H23BrN8O2. The van der Waals surface area contributed by atoms with Gasteiger partial charge in [0.25, 0.3) is 0 Å². The lowest BCUT2D eigenvalue weighted by molar-refractivity contribution is -0.115. The molecule has 3 aromatic heterocycles. The van der Waals surface area contributed by atoms with Crippen LogP contribution in [0, 0.1) is 0 Å². The van der Waals surface area contributed by atoms with E-state index in [4.69, 9.17) is 0 Å². The number of hydrogen-bond donors (Lipinski definition) is 3. The number of carbonyl (C=O) groups excluding carboxylic acids is 1. The molecule has 0 saturated heterocycles. The van der Waals surface area contributed by atoms with Crippen LogP contribution in [0.1, 0.15) is 36.0 Å². The van der Waals surface area contributed by atoms with Gasteiger partial charge in [-0.25, -0.2) is 0 Å². The number of carbonyl (C=O) groups is 1. The normalized spacial score (nSPS) is 12.0. The van der Waals surface area contributed by atoms with Gasteiger partial charge in [0.2, 0.25) is 5.91 Å². The maximum Gasteiger partial charge on any atom is 0.230 e. The molecule has 1 atom stereocenters. The van der Waals surface area contributed by atoms with Crippen LogP contribution in [0.2, 0.25) is 0 Å². The van der Waals surface area contributed by atoms with Crippen LogP contribution in [0.3, 0.4) is 0 Å². The molecule has 11 heteroatoms. The third-order valence-corrected chi connectivity index (χ3v) is 4.73. The van der Waals surface area contributed by atoms with Crippen LogP contribution >= 0.6 is 15.9 Å². The minimum Gasteiger partial charge on any atom is -0.373 e. The highest BCUT2D eigenvalue weighted by atomic mass is 79.9. The lowest BCUT2D eigenvalue weighted by atomic mass is 10.2. The van der Waals surface area contributed by atoms with E-state index in [-0.39, 0.29) is 12.3 Å². The smallest absolute Gasteiger partial charge is 0.230 e. The van der Waals surface area contributed by atoms with E-state index in [0.29, 0.717) is 18.1 Å². The first-order valence-corrected chi connectivity index (χ1v) is 10.3. The largest absolute Gasteiger partial charge is 0.373 e. The minimum atomic E-state index is -0.806. The number of aliphatic hydroxyl groups excluding tert-OH is 1. The predicted octanol–water partition coefficient (Wildman–Crippen LogP) is 1.64. The van der Waals surface area contributed by atoms with E-state index in [1.807, 2.05) is 12.1 Å². The molecule has 0 saturated carbocycles. The summed E-state index contributed by atoms with van der Waals surface area (Å²) in [6, 6.07) is 5.46. The van der Waals surface area contributed by atoms with Gasteiger partial charge < -0.3 is 10.4 Å². The highest BCUT2D eigenvalue weighted by Crippen LogP contribution is 2.11. The van der Waals surface area contributed by atoms with Gasteiger partial charge in [-0.15, -0.1) is 10.2 Å². The number of unbranched alkanes of at least 4 members (excludes halogenated alkanes) is 1. The molecule has 0 aliphatic carbocycles. The van der Waals surface area contributed by atoms with Crippen molar-refractivity contribution in [3.8, 4) is 0 Å². The maximum absolute atomic E-state index is 12.1. The Labute approximate surface area is 182 Å². The van der Waals surface area contributed by atoms with Gasteiger partial charge in [-0.3, -0.25) is 19.8 Å². The molecule has 0 fully saturated rings. The molecule has 0 spiro atoms. The monoisotopic (exact) mass is 474 g/mol. The summed E-state index contributed by atoms with van der Waals surface area (Å²) in [6.45, 7) is 0.704. The zero-order chi connectivity index (χ0) is 21.3. The van der Waals surface area contributed by atoms with E-state index < -0.39 is 6.23 Å². The summed E-state index contributed by atoms with van der Waals surface area (Å²) in [7, 11) is 1.65. The number of aryl methyl sites for hydroxylation is 2. The Morgan fingerprint density at radius 3 is 2.83 bits per heavy atom. The Bertz CT molecular complexity index is 963. The van der Waals surface area contributed by atoms with Crippen LogP contribution in [-0.2, 0) is 24.2 Å². The quantitative estimate of drug-likeness (QED) is 0.298. The Balaban J connectivity index is 1.40. The average Bonchev–Trinajstić information content (AvgIpc) is 3.21. The second-order valence-electron chi connectivity index (χ2n) is 6.70. The van der Waals surface area contributed by atoms with Crippen molar-refractivity contribution in [2.75, 3.05) is 12.4 Å². The molecule has 3 rings (SSSR count). The summed E-state index contributed by atoms with van der Waals surface area (Å²) in [4.78, 5) is 16.2. The van der Waals surface area contributed by atoms with Crippen molar-refractivity contribution in [3.63, 3.8) is 0 Å². The molecule has 10 nitrogen and oxygen atoms in total. The number of halogens is 1. The number of aromatic nitrogens is 6. The number of nitrogens with zero attached hydrogens (tertiary/aromatic N) is 6. The molecule has 0 radical (unpaired) electrons. The van der Waals surface area contributed by atoms with Crippen molar-refractivity contribution < 1.29 is 9.90 Å². The van der Waals surface area contributed by atoms with Gasteiger partial charge in [0.05, 0.1) is 18.3 Å². The third-order valence-electron chi connectivity index (χ3n) is 4.29. The van der Waals surface area contributed by atoms with Crippen molar-refractivity contribution >= 4 is 27.7 Å². The predicted molar refractivity (Wildman–Crippen MR) is 113 cm³/mol. The van der Waals surface area contributed by atoms with Gasteiger partial charge >= 0.3 is 0 Å². The standard InChI is InChI=1S/C19H23BrN8O2/c1-21-19(30)16-12-28(27-25-16)7-3-2-4-15-5-6-17(26-24-15)23-18(29)9-13-8-14(20)11-22-10-13/h5-6,8,10-12,19,21,30H,2-4,7,9H2,1H3,(H,23,26,29). The summed E-state index contributed by atoms with van der Waals surface area (Å²) >= 11 is 3.34. The second kappa shape index (κ2) is 10.9. The van der Waals surface area contributed by atoms with Gasteiger partial charge in [-0.05, 0) is 66.0 Å². The van der Waals surface area contributed by atoms with E-state index in [9.17, 15) is 9.90 Å². The Morgan fingerprint density at radius 1 is 1.23 bits per heavy atom. The fourth-order valence-electron chi connectivity index (χ4n) is 2.76. The fraction of sp³-hybridized carbons (Fsp3) is 0.368. The molecule has 3 heterocycles. The highest BCUT2D eigenvalue weighted by Gasteiger charge is 2.09. The van der Waals surface area contributed by atoms with Crippen LogP contribution in [-0.4, -0.2) is 48.2 Å². The molecule has 0 aliphatic heterocycles. The van der Waals surface area contributed by atoms with E-state index in [0.717, 1.165) is 35.0 Å². The highest BCUT2D eigenvalue weighted by molar-refractivity contribution is 9.10. The van der Waals surface area contributed by atoms with Crippen LogP contribution in [0.25, 0.3) is 0 Å². The number of amides is 1. The number of anilines is 1. The van der Waals surface area contributed by atoms with Gasteiger partial charge in [-0.1, -0.05) is 5.21 Å². The van der Waals surface area contributed by atoms with Gasteiger partial charge in [0.15, 0.2) is 12.0 Å². The lowest BCUT2D eigenvalue weighted by Crippen LogP contribution is -2.16. The van der Waals surface area contributed by atoms with Crippen molar-refractivity contribution in [1.29, 1.82) is 0 Å². The van der Waals surface area contributed by atoms with E-state index in [2.05, 4.69) is 52.1 Å². The average molecular weight is 475 g/mol. The van der Waals surface area contributed by atoms with Gasteiger partial charge in [0.1, 0.15) is 5.69 Å². The Morgan fingerprint density at radius 2 is 2.10 bits per heavy atom. The Hall–Kier alpha value is -2.76. The van der Waals surface area contributed by atoms with Crippen molar-refractivity contribution in [1.82, 2.24) is 35.5 Å². The summed E-state index contributed by atoms with van der Waals surface area (Å²) in [6.07, 6.45) is 7.02. The van der Waals surface area contributed by atoms with Gasteiger partial charge in [0, 0.05) is 23.4 Å². The summed E-state index contributed by atoms with van der Waals surface area (Å²) in [5.74, 6) is 0.248. The van der Waals surface area contributed by atoms with E-state index >= 15 is 0 Å². The lowest BCUT2D eigenvalue weighted by Gasteiger charge is -2.05. The first kappa shape index (κ1) is 21.9. The SMILES string of the molecule is CNC(O)c1cn(CCCCc2ccc(NC(=O)Cc3cncc(Br)c3)nn2)nn1. The molecule has 158 valence electrons. The third kappa shape index (κ3) is 6.65. The molecule has 0 aromatic carbocycles. The molecule has 30 heavy (non-hydrogen) atoms. The summed E-state index contributed by atoms with van der Waals surface area (Å²) in [5, 5.41) is 31.3. The van der Waals surface area contributed by atoms with E-state index in [1.165, 1.54) is 0 Å². The zero-order valence-electron chi connectivity index (χ0n) is 16.5. The molecular weight excluding hydrogens is 452 g/mol.